The highest BCUT2D eigenvalue weighted by Crippen LogP contribution is 2.20. The van der Waals surface area contributed by atoms with Gasteiger partial charge in [0, 0.05) is 23.5 Å². The van der Waals surface area contributed by atoms with E-state index in [1.54, 1.807) is 18.3 Å². The highest BCUT2D eigenvalue weighted by Gasteiger charge is 2.17. The Balaban J connectivity index is 1.95. The highest BCUT2D eigenvalue weighted by molar-refractivity contribution is 7.09. The van der Waals surface area contributed by atoms with Crippen LogP contribution < -0.4 is 5.32 Å². The van der Waals surface area contributed by atoms with E-state index in [1.165, 1.54) is 0 Å². The minimum Gasteiger partial charge on any atom is -0.350 e. The van der Waals surface area contributed by atoms with Gasteiger partial charge in [-0.3, -0.25) is 9.89 Å². The first-order chi connectivity index (χ1) is 8.99. The van der Waals surface area contributed by atoms with E-state index in [4.69, 9.17) is 11.6 Å². The number of carbonyl (C=O) groups is 1. The molecule has 0 aliphatic heterocycles. The number of thiazole rings is 1. The summed E-state index contributed by atoms with van der Waals surface area (Å²) in [6.07, 6.45) is 0. The SMILES string of the molecule is Cc1csc([C@H](C)CNC(=O)c2n[nH]c(C)c2Cl)n1. The summed E-state index contributed by atoms with van der Waals surface area (Å²) in [5, 5.41) is 12.8. The Hall–Kier alpha value is -1.40. The molecule has 0 saturated carbocycles. The zero-order valence-corrected chi connectivity index (χ0v) is 12.5. The lowest BCUT2D eigenvalue weighted by Crippen LogP contribution is -2.28. The van der Waals surface area contributed by atoms with Crippen LogP contribution in [-0.4, -0.2) is 27.6 Å². The van der Waals surface area contributed by atoms with Gasteiger partial charge in [0.05, 0.1) is 15.7 Å². The molecule has 0 saturated heterocycles. The molecule has 2 N–H and O–H groups in total. The Morgan fingerprint density at radius 3 is 2.84 bits per heavy atom. The second kappa shape index (κ2) is 5.71. The van der Waals surface area contributed by atoms with Crippen LogP contribution in [0, 0.1) is 13.8 Å². The van der Waals surface area contributed by atoms with Crippen LogP contribution in [0.2, 0.25) is 5.02 Å². The lowest BCUT2D eigenvalue weighted by molar-refractivity contribution is 0.0947. The van der Waals surface area contributed by atoms with Crippen molar-refractivity contribution in [3.8, 4) is 0 Å². The number of rotatable bonds is 4. The maximum absolute atomic E-state index is 11.9. The number of aromatic amines is 1. The molecule has 19 heavy (non-hydrogen) atoms. The first kappa shape index (κ1) is 14.0. The molecule has 2 aromatic rings. The summed E-state index contributed by atoms with van der Waals surface area (Å²) in [5.74, 6) is -0.101. The van der Waals surface area contributed by atoms with Gasteiger partial charge >= 0.3 is 0 Å². The molecule has 2 heterocycles. The van der Waals surface area contributed by atoms with Crippen molar-refractivity contribution in [1.29, 1.82) is 0 Å². The number of nitrogens with one attached hydrogen (secondary N) is 2. The van der Waals surface area contributed by atoms with Gasteiger partial charge in [-0.1, -0.05) is 18.5 Å². The van der Waals surface area contributed by atoms with Crippen LogP contribution in [-0.2, 0) is 0 Å². The van der Waals surface area contributed by atoms with Crippen molar-refractivity contribution in [2.24, 2.45) is 0 Å². The number of carbonyl (C=O) groups excluding carboxylic acids is 1. The number of H-pyrrole nitrogens is 1. The van der Waals surface area contributed by atoms with Crippen molar-refractivity contribution >= 4 is 28.8 Å². The molecule has 0 aliphatic rings. The van der Waals surface area contributed by atoms with Crippen molar-refractivity contribution < 1.29 is 4.79 Å². The predicted octanol–water partition coefficient (Wildman–Crippen LogP) is 2.67. The third-order valence-electron chi connectivity index (χ3n) is 2.71. The van der Waals surface area contributed by atoms with Gasteiger partial charge in [0.25, 0.3) is 5.91 Å². The van der Waals surface area contributed by atoms with E-state index in [-0.39, 0.29) is 17.5 Å². The van der Waals surface area contributed by atoms with Crippen LogP contribution in [0.3, 0.4) is 0 Å². The number of halogens is 1. The second-order valence-corrected chi connectivity index (χ2v) is 5.72. The Kier molecular flexibility index (Phi) is 4.21. The quantitative estimate of drug-likeness (QED) is 0.911. The molecule has 0 aliphatic carbocycles. The summed E-state index contributed by atoms with van der Waals surface area (Å²) in [5.41, 5.74) is 1.93. The van der Waals surface area contributed by atoms with Crippen LogP contribution in [0.15, 0.2) is 5.38 Å². The summed E-state index contributed by atoms with van der Waals surface area (Å²) < 4.78 is 0. The number of hydrogen-bond acceptors (Lipinski definition) is 4. The van der Waals surface area contributed by atoms with Crippen molar-refractivity contribution in [1.82, 2.24) is 20.5 Å². The number of hydrogen-bond donors (Lipinski definition) is 2. The van der Waals surface area contributed by atoms with Crippen LogP contribution in [0.1, 0.15) is 39.7 Å². The van der Waals surface area contributed by atoms with Gasteiger partial charge in [0.1, 0.15) is 0 Å². The molecule has 0 unspecified atom stereocenters. The van der Waals surface area contributed by atoms with Crippen LogP contribution >= 0.6 is 22.9 Å². The maximum atomic E-state index is 11.9. The molecule has 2 rings (SSSR count). The third-order valence-corrected chi connectivity index (χ3v) is 4.37. The van der Waals surface area contributed by atoms with Crippen molar-refractivity contribution in [2.75, 3.05) is 6.54 Å². The Bertz CT molecular complexity index is 592. The van der Waals surface area contributed by atoms with Gasteiger partial charge in [0.2, 0.25) is 0 Å². The monoisotopic (exact) mass is 298 g/mol. The minimum atomic E-state index is -0.269. The molecule has 0 radical (unpaired) electrons. The first-order valence-electron chi connectivity index (χ1n) is 5.89. The van der Waals surface area contributed by atoms with Gasteiger partial charge in [0.15, 0.2) is 5.69 Å². The predicted molar refractivity (Wildman–Crippen MR) is 75.9 cm³/mol. The van der Waals surface area contributed by atoms with Crippen molar-refractivity contribution in [3.63, 3.8) is 0 Å². The lowest BCUT2D eigenvalue weighted by Gasteiger charge is -2.09. The van der Waals surface area contributed by atoms with E-state index in [9.17, 15) is 4.79 Å². The zero-order chi connectivity index (χ0) is 14.0. The number of aryl methyl sites for hydroxylation is 2. The average Bonchev–Trinajstić information content (AvgIpc) is 2.94. The smallest absolute Gasteiger partial charge is 0.273 e. The highest BCUT2D eigenvalue weighted by atomic mass is 35.5. The summed E-state index contributed by atoms with van der Waals surface area (Å²) >= 11 is 7.58. The van der Waals surface area contributed by atoms with Gasteiger partial charge < -0.3 is 5.32 Å². The fraction of sp³-hybridized carbons (Fsp3) is 0.417. The molecule has 0 bridgehead atoms. The van der Waals surface area contributed by atoms with E-state index in [0.29, 0.717) is 17.3 Å². The number of nitrogens with zero attached hydrogens (tertiary/aromatic N) is 2. The molecular weight excluding hydrogens is 284 g/mol. The average molecular weight is 299 g/mol. The van der Waals surface area contributed by atoms with Crippen LogP contribution in [0.25, 0.3) is 0 Å². The van der Waals surface area contributed by atoms with E-state index in [2.05, 4.69) is 20.5 Å². The second-order valence-electron chi connectivity index (χ2n) is 4.45. The summed E-state index contributed by atoms with van der Waals surface area (Å²) in [4.78, 5) is 16.3. The molecule has 0 aromatic carbocycles. The standard InChI is InChI=1S/C12H15ClN4OS/c1-6(12-15-7(2)5-19-12)4-14-11(18)10-9(13)8(3)16-17-10/h5-6H,4H2,1-3H3,(H,14,18)(H,16,17)/t6-/m1/s1. The number of amides is 1. The van der Waals surface area contributed by atoms with E-state index >= 15 is 0 Å². The zero-order valence-electron chi connectivity index (χ0n) is 11.0. The Morgan fingerprint density at radius 2 is 2.32 bits per heavy atom. The maximum Gasteiger partial charge on any atom is 0.273 e. The molecule has 102 valence electrons. The van der Waals surface area contributed by atoms with Crippen molar-refractivity contribution in [2.45, 2.75) is 26.7 Å². The van der Waals surface area contributed by atoms with Crippen LogP contribution in [0.4, 0.5) is 0 Å². The van der Waals surface area contributed by atoms with E-state index < -0.39 is 0 Å². The van der Waals surface area contributed by atoms with Gasteiger partial charge in [-0.05, 0) is 13.8 Å². The molecule has 1 atom stereocenters. The van der Waals surface area contributed by atoms with E-state index in [0.717, 1.165) is 10.7 Å². The van der Waals surface area contributed by atoms with Gasteiger partial charge in [-0.25, -0.2) is 4.98 Å². The number of aromatic nitrogens is 3. The minimum absolute atomic E-state index is 0.168. The van der Waals surface area contributed by atoms with Gasteiger partial charge in [-0.15, -0.1) is 11.3 Å². The molecule has 0 fully saturated rings. The third kappa shape index (κ3) is 3.13. The van der Waals surface area contributed by atoms with Crippen LogP contribution in [0.5, 0.6) is 0 Å². The first-order valence-corrected chi connectivity index (χ1v) is 7.15. The molecular formula is C12H15ClN4OS. The fourth-order valence-electron chi connectivity index (χ4n) is 1.58. The largest absolute Gasteiger partial charge is 0.350 e. The summed E-state index contributed by atoms with van der Waals surface area (Å²) in [6, 6.07) is 0. The molecule has 5 nitrogen and oxygen atoms in total. The van der Waals surface area contributed by atoms with Crippen molar-refractivity contribution in [3.05, 3.63) is 32.5 Å². The Labute approximate surface area is 120 Å². The molecule has 1 amide bonds. The molecule has 7 heteroatoms. The normalized spacial score (nSPS) is 12.4. The molecule has 2 aromatic heterocycles. The molecule has 0 spiro atoms. The summed E-state index contributed by atoms with van der Waals surface area (Å²) in [6.45, 7) is 6.26. The van der Waals surface area contributed by atoms with Gasteiger partial charge in [-0.2, -0.15) is 5.10 Å². The fourth-order valence-corrected chi connectivity index (χ4v) is 2.61. The van der Waals surface area contributed by atoms with E-state index in [1.807, 2.05) is 19.2 Å². The Morgan fingerprint density at radius 1 is 1.58 bits per heavy atom. The topological polar surface area (TPSA) is 70.7 Å². The lowest BCUT2D eigenvalue weighted by atomic mass is 10.2. The summed E-state index contributed by atoms with van der Waals surface area (Å²) in [7, 11) is 0.